The van der Waals surface area contributed by atoms with Gasteiger partial charge >= 0.3 is 6.18 Å². The van der Waals surface area contributed by atoms with Crippen LogP contribution in [0.1, 0.15) is 15.9 Å². The van der Waals surface area contributed by atoms with Crippen LogP contribution >= 0.6 is 0 Å². The number of rotatable bonds is 6. The van der Waals surface area contributed by atoms with Crippen LogP contribution in [0, 0.1) is 0 Å². The molecule has 0 saturated carbocycles. The van der Waals surface area contributed by atoms with E-state index in [4.69, 9.17) is 14.2 Å². The average molecular weight is 518 g/mol. The number of hydrogen-bond donors (Lipinski definition) is 1. The number of aromatic nitrogens is 1. The molecule has 1 amide bonds. The summed E-state index contributed by atoms with van der Waals surface area (Å²) in [4.78, 5) is 17.1. The van der Waals surface area contributed by atoms with E-state index >= 15 is 0 Å². The van der Waals surface area contributed by atoms with Gasteiger partial charge < -0.3 is 19.5 Å². The Balaban J connectivity index is 1.44. The number of halogens is 3. The normalized spacial score (nSPS) is 11.4. The van der Waals surface area contributed by atoms with E-state index in [-0.39, 0.29) is 5.56 Å². The van der Waals surface area contributed by atoms with Crippen molar-refractivity contribution in [1.29, 1.82) is 0 Å². The summed E-state index contributed by atoms with van der Waals surface area (Å²) in [6, 6.07) is 20.2. The SMILES string of the molecule is COc1cc2nccc(Oc3ccc4c(NC(=O)c5cccc(C(F)(F)F)c5)cccc4c3)c2cc1OC. The van der Waals surface area contributed by atoms with Crippen molar-refractivity contribution in [1.82, 2.24) is 4.98 Å². The topological polar surface area (TPSA) is 69.7 Å². The van der Waals surface area contributed by atoms with Gasteiger partial charge in [-0.05, 0) is 60.0 Å². The van der Waals surface area contributed by atoms with Gasteiger partial charge in [0.15, 0.2) is 11.5 Å². The highest BCUT2D eigenvalue weighted by Gasteiger charge is 2.31. The smallest absolute Gasteiger partial charge is 0.416 e. The molecule has 0 aliphatic rings. The fraction of sp³-hybridized carbons (Fsp3) is 0.103. The first-order chi connectivity index (χ1) is 18.3. The third kappa shape index (κ3) is 4.90. The maximum Gasteiger partial charge on any atom is 0.416 e. The van der Waals surface area contributed by atoms with Gasteiger partial charge in [-0.2, -0.15) is 13.2 Å². The first-order valence-corrected chi connectivity index (χ1v) is 11.5. The average Bonchev–Trinajstić information content (AvgIpc) is 2.92. The lowest BCUT2D eigenvalue weighted by Gasteiger charge is -2.14. The van der Waals surface area contributed by atoms with E-state index < -0.39 is 17.6 Å². The number of alkyl halides is 3. The Hall–Kier alpha value is -4.79. The molecule has 5 aromatic rings. The highest BCUT2D eigenvalue weighted by Crippen LogP contribution is 2.38. The second kappa shape index (κ2) is 9.93. The Morgan fingerprint density at radius 3 is 2.34 bits per heavy atom. The number of nitrogens with zero attached hydrogens (tertiary/aromatic N) is 1. The fourth-order valence-electron chi connectivity index (χ4n) is 4.13. The van der Waals surface area contributed by atoms with Crippen LogP contribution in [-0.2, 0) is 6.18 Å². The molecule has 0 bridgehead atoms. The number of carbonyl (C=O) groups is 1. The molecule has 0 radical (unpaired) electrons. The van der Waals surface area contributed by atoms with Crippen molar-refractivity contribution in [3.8, 4) is 23.0 Å². The minimum atomic E-state index is -4.54. The first kappa shape index (κ1) is 24.9. The van der Waals surface area contributed by atoms with Gasteiger partial charge in [0.2, 0.25) is 0 Å². The number of carbonyl (C=O) groups excluding carboxylic acids is 1. The number of pyridine rings is 1. The molecule has 38 heavy (non-hydrogen) atoms. The molecule has 0 unspecified atom stereocenters. The molecule has 192 valence electrons. The molecule has 0 saturated heterocycles. The first-order valence-electron chi connectivity index (χ1n) is 11.5. The molecule has 1 N–H and O–H groups in total. The molecule has 9 heteroatoms. The Kier molecular flexibility index (Phi) is 6.50. The fourth-order valence-corrected chi connectivity index (χ4v) is 4.13. The molecule has 5 rings (SSSR count). The van der Waals surface area contributed by atoms with Crippen molar-refractivity contribution < 1.29 is 32.2 Å². The van der Waals surface area contributed by atoms with Gasteiger partial charge in [-0.1, -0.05) is 18.2 Å². The predicted molar refractivity (Wildman–Crippen MR) is 138 cm³/mol. The Morgan fingerprint density at radius 2 is 1.58 bits per heavy atom. The molecule has 1 heterocycles. The molecule has 6 nitrogen and oxygen atoms in total. The molecular weight excluding hydrogens is 497 g/mol. The number of fused-ring (bicyclic) bond motifs is 2. The minimum Gasteiger partial charge on any atom is -0.493 e. The molecule has 0 atom stereocenters. The quantitative estimate of drug-likeness (QED) is 0.253. The minimum absolute atomic E-state index is 0.0894. The summed E-state index contributed by atoms with van der Waals surface area (Å²) in [5.41, 5.74) is 0.154. The summed E-state index contributed by atoms with van der Waals surface area (Å²) in [6.45, 7) is 0. The van der Waals surface area contributed by atoms with Crippen LogP contribution in [0.15, 0.2) is 85.1 Å². The van der Waals surface area contributed by atoms with Crippen molar-refractivity contribution >= 4 is 33.3 Å². The van der Waals surface area contributed by atoms with Crippen molar-refractivity contribution in [3.05, 3.63) is 96.2 Å². The Morgan fingerprint density at radius 1 is 0.816 bits per heavy atom. The van der Waals surface area contributed by atoms with Gasteiger partial charge in [0.05, 0.1) is 25.3 Å². The van der Waals surface area contributed by atoms with Crippen LogP contribution in [0.5, 0.6) is 23.0 Å². The summed E-state index contributed by atoms with van der Waals surface area (Å²) in [5.74, 6) is 1.55. The largest absolute Gasteiger partial charge is 0.493 e. The molecule has 0 aliphatic carbocycles. The lowest BCUT2D eigenvalue weighted by Crippen LogP contribution is -2.14. The van der Waals surface area contributed by atoms with E-state index in [0.29, 0.717) is 39.6 Å². The zero-order valence-electron chi connectivity index (χ0n) is 20.3. The summed E-state index contributed by atoms with van der Waals surface area (Å²) in [7, 11) is 3.10. The highest BCUT2D eigenvalue weighted by atomic mass is 19.4. The number of amides is 1. The van der Waals surface area contributed by atoms with Gasteiger partial charge in [-0.15, -0.1) is 0 Å². The number of nitrogens with one attached hydrogen (secondary N) is 1. The van der Waals surface area contributed by atoms with Crippen molar-refractivity contribution in [2.75, 3.05) is 19.5 Å². The molecule has 4 aromatic carbocycles. The lowest BCUT2D eigenvalue weighted by atomic mass is 10.1. The maximum atomic E-state index is 13.1. The van der Waals surface area contributed by atoms with Gasteiger partial charge in [-0.25, -0.2) is 0 Å². The van der Waals surface area contributed by atoms with E-state index in [2.05, 4.69) is 10.3 Å². The molecule has 0 fully saturated rings. The van der Waals surface area contributed by atoms with Crippen LogP contribution in [0.2, 0.25) is 0 Å². The highest BCUT2D eigenvalue weighted by molar-refractivity contribution is 6.09. The van der Waals surface area contributed by atoms with Crippen LogP contribution in [0.3, 0.4) is 0 Å². The Labute approximate surface area is 215 Å². The van der Waals surface area contributed by atoms with Crippen molar-refractivity contribution in [2.45, 2.75) is 6.18 Å². The number of anilines is 1. The zero-order valence-corrected chi connectivity index (χ0v) is 20.3. The van der Waals surface area contributed by atoms with Crippen LogP contribution < -0.4 is 19.5 Å². The summed E-state index contributed by atoms with van der Waals surface area (Å²) in [6.07, 6.45) is -2.91. The van der Waals surface area contributed by atoms with E-state index in [0.717, 1.165) is 22.9 Å². The van der Waals surface area contributed by atoms with Gasteiger partial charge in [-0.3, -0.25) is 9.78 Å². The van der Waals surface area contributed by atoms with E-state index in [9.17, 15) is 18.0 Å². The van der Waals surface area contributed by atoms with Crippen LogP contribution in [0.4, 0.5) is 18.9 Å². The standard InChI is InChI=1S/C29H21F3N2O4/c1-36-26-15-22-24(16-27(26)37-2)33-12-11-25(22)38-20-9-10-21-17(14-20)5-4-8-23(21)34-28(35)18-6-3-7-19(13-18)29(30,31)32/h3-16H,1-2H3,(H,34,35). The van der Waals surface area contributed by atoms with E-state index in [1.807, 2.05) is 12.1 Å². The van der Waals surface area contributed by atoms with E-state index in [1.165, 1.54) is 12.1 Å². The number of methoxy groups -OCH3 is 2. The molecule has 0 spiro atoms. The maximum absolute atomic E-state index is 13.1. The van der Waals surface area contributed by atoms with Gasteiger partial charge in [0.1, 0.15) is 11.5 Å². The predicted octanol–water partition coefficient (Wildman–Crippen LogP) is 7.47. The molecular formula is C29H21F3N2O4. The molecule has 0 aliphatic heterocycles. The molecule has 1 aromatic heterocycles. The second-order valence-electron chi connectivity index (χ2n) is 8.36. The monoisotopic (exact) mass is 518 g/mol. The van der Waals surface area contributed by atoms with Gasteiger partial charge in [0, 0.05) is 34.3 Å². The second-order valence-corrected chi connectivity index (χ2v) is 8.36. The number of ether oxygens (including phenoxy) is 3. The number of hydrogen-bond acceptors (Lipinski definition) is 5. The summed E-state index contributed by atoms with van der Waals surface area (Å²) >= 11 is 0. The van der Waals surface area contributed by atoms with Crippen LogP contribution in [0.25, 0.3) is 21.7 Å². The number of benzene rings is 4. The summed E-state index contributed by atoms with van der Waals surface area (Å²) in [5, 5.41) is 4.91. The van der Waals surface area contributed by atoms with Crippen LogP contribution in [-0.4, -0.2) is 25.1 Å². The van der Waals surface area contributed by atoms with Gasteiger partial charge in [0.25, 0.3) is 5.91 Å². The lowest BCUT2D eigenvalue weighted by molar-refractivity contribution is -0.137. The van der Waals surface area contributed by atoms with E-state index in [1.54, 1.807) is 62.9 Å². The Bertz CT molecular complexity index is 1670. The van der Waals surface area contributed by atoms with Crippen molar-refractivity contribution in [2.24, 2.45) is 0 Å². The zero-order chi connectivity index (χ0) is 26.9. The summed E-state index contributed by atoms with van der Waals surface area (Å²) < 4.78 is 56.1. The third-order valence-corrected chi connectivity index (χ3v) is 5.99. The van der Waals surface area contributed by atoms with Crippen molar-refractivity contribution in [3.63, 3.8) is 0 Å². The third-order valence-electron chi connectivity index (χ3n) is 5.99.